The number of allylic oxidation sites excluding steroid dienone is 8. The summed E-state index contributed by atoms with van der Waals surface area (Å²) < 4.78 is 13.9. The van der Waals surface area contributed by atoms with E-state index in [4.69, 9.17) is 9.47 Å². The summed E-state index contributed by atoms with van der Waals surface area (Å²) in [5, 5.41) is 0. The molecular formula is C49H82N2O2. The molecule has 4 heteroatoms. The Morgan fingerprint density at radius 2 is 1.04 bits per heavy atom. The highest BCUT2D eigenvalue weighted by atomic mass is 16.8. The van der Waals surface area contributed by atoms with Crippen molar-refractivity contribution in [2.45, 2.75) is 212 Å². The van der Waals surface area contributed by atoms with Gasteiger partial charge in [0.05, 0.1) is 12.2 Å². The molecule has 0 bridgehead atoms. The zero-order valence-corrected chi connectivity index (χ0v) is 34.7. The lowest BCUT2D eigenvalue weighted by molar-refractivity contribution is -0.185. The minimum Gasteiger partial charge on any atom is -0.344 e. The highest BCUT2D eigenvalue weighted by Crippen LogP contribution is 2.40. The number of pyridine rings is 1. The van der Waals surface area contributed by atoms with Crippen LogP contribution in [0.15, 0.2) is 73.1 Å². The molecular weight excluding hydrogens is 649 g/mol. The first-order chi connectivity index (χ1) is 26.2. The van der Waals surface area contributed by atoms with Gasteiger partial charge in [-0.3, -0.25) is 4.98 Å². The van der Waals surface area contributed by atoms with Crippen LogP contribution < -0.4 is 0 Å². The topological polar surface area (TPSA) is 34.6 Å². The van der Waals surface area contributed by atoms with Crippen LogP contribution in [0.2, 0.25) is 0 Å². The molecule has 0 radical (unpaired) electrons. The van der Waals surface area contributed by atoms with Crippen molar-refractivity contribution in [3.05, 3.63) is 78.7 Å². The highest BCUT2D eigenvalue weighted by Gasteiger charge is 2.48. The lowest BCUT2D eigenvalue weighted by atomic mass is 9.98. The van der Waals surface area contributed by atoms with Gasteiger partial charge in [0, 0.05) is 44.9 Å². The van der Waals surface area contributed by atoms with Gasteiger partial charge in [-0.15, -0.1) is 0 Å². The molecule has 3 rings (SSSR count). The van der Waals surface area contributed by atoms with Gasteiger partial charge >= 0.3 is 0 Å². The van der Waals surface area contributed by atoms with Crippen LogP contribution in [-0.2, 0) is 15.9 Å². The Labute approximate surface area is 328 Å². The van der Waals surface area contributed by atoms with Gasteiger partial charge in [-0.2, -0.15) is 0 Å². The third-order valence-electron chi connectivity index (χ3n) is 11.3. The molecule has 0 spiro atoms. The van der Waals surface area contributed by atoms with Crippen molar-refractivity contribution >= 4 is 0 Å². The summed E-state index contributed by atoms with van der Waals surface area (Å²) in [6.45, 7) is 7.75. The summed E-state index contributed by atoms with van der Waals surface area (Å²) in [4.78, 5) is 6.78. The number of nitrogens with zero attached hydrogens (tertiary/aromatic N) is 2. The van der Waals surface area contributed by atoms with Crippen molar-refractivity contribution in [2.24, 2.45) is 0 Å². The van der Waals surface area contributed by atoms with Gasteiger partial charge in [-0.05, 0) is 108 Å². The summed E-state index contributed by atoms with van der Waals surface area (Å²) in [6.07, 6.45) is 58.3. The highest BCUT2D eigenvalue weighted by molar-refractivity contribution is 5.10. The molecule has 1 aromatic rings. The fourth-order valence-corrected chi connectivity index (χ4v) is 7.95. The minimum atomic E-state index is -0.360. The summed E-state index contributed by atoms with van der Waals surface area (Å²) in [6, 6.07) is 4.29. The van der Waals surface area contributed by atoms with Gasteiger partial charge in [-0.1, -0.05) is 140 Å². The van der Waals surface area contributed by atoms with E-state index in [-0.39, 0.29) is 18.0 Å². The van der Waals surface area contributed by atoms with Crippen LogP contribution in [0.25, 0.3) is 0 Å². The molecule has 300 valence electrons. The smallest absolute Gasteiger partial charge is 0.169 e. The number of fused-ring (bicyclic) bond motifs is 1. The number of piperidine rings is 1. The summed E-state index contributed by atoms with van der Waals surface area (Å²) in [7, 11) is 0. The first-order valence-electron chi connectivity index (χ1n) is 22.8. The fraction of sp³-hybridized carbons (Fsp3) is 0.735. The molecule has 1 aromatic heterocycles. The average Bonchev–Trinajstić information content (AvgIpc) is 3.55. The van der Waals surface area contributed by atoms with Crippen LogP contribution in [0.3, 0.4) is 0 Å². The minimum absolute atomic E-state index is 0.218. The first-order valence-corrected chi connectivity index (χ1v) is 22.8. The predicted octanol–water partition coefficient (Wildman–Crippen LogP) is 14.2. The SMILES string of the molecule is CCCCC/C=C\C/C=C\CCCCCCCCC1(CCCCCCCC/C=C\C/C=C\CCCCC)O[C@H]2CCN(CCc3ccncc3)C[C@H]2O1. The lowest BCUT2D eigenvalue weighted by Gasteiger charge is -2.32. The van der Waals surface area contributed by atoms with Gasteiger partial charge in [0.25, 0.3) is 0 Å². The zero-order chi connectivity index (χ0) is 37.3. The van der Waals surface area contributed by atoms with Gasteiger partial charge < -0.3 is 14.4 Å². The molecule has 0 N–H and O–H groups in total. The molecule has 53 heavy (non-hydrogen) atoms. The van der Waals surface area contributed by atoms with E-state index in [1.807, 2.05) is 12.4 Å². The van der Waals surface area contributed by atoms with Gasteiger partial charge in [-0.25, -0.2) is 0 Å². The van der Waals surface area contributed by atoms with Crippen molar-refractivity contribution in [3.63, 3.8) is 0 Å². The van der Waals surface area contributed by atoms with Gasteiger partial charge in [0.2, 0.25) is 0 Å². The number of aromatic nitrogens is 1. The average molecular weight is 731 g/mol. The molecule has 2 aliphatic rings. The van der Waals surface area contributed by atoms with Crippen LogP contribution >= 0.6 is 0 Å². The van der Waals surface area contributed by atoms with Crippen molar-refractivity contribution in [1.82, 2.24) is 9.88 Å². The second-order valence-corrected chi connectivity index (χ2v) is 16.1. The third-order valence-corrected chi connectivity index (χ3v) is 11.3. The maximum absolute atomic E-state index is 6.99. The molecule has 4 nitrogen and oxygen atoms in total. The Morgan fingerprint density at radius 3 is 1.55 bits per heavy atom. The molecule has 0 saturated carbocycles. The van der Waals surface area contributed by atoms with E-state index < -0.39 is 0 Å². The van der Waals surface area contributed by atoms with Crippen LogP contribution in [0, 0.1) is 0 Å². The summed E-state index contributed by atoms with van der Waals surface area (Å²) in [5.74, 6) is -0.360. The first kappa shape index (κ1) is 45.4. The lowest BCUT2D eigenvalue weighted by Crippen LogP contribution is -2.45. The van der Waals surface area contributed by atoms with Crippen molar-refractivity contribution in [2.75, 3.05) is 19.6 Å². The Bertz CT molecular complexity index is 1050. The Hall–Kier alpha value is -2.01. The number of ether oxygens (including phenoxy) is 2. The normalized spacial score (nSPS) is 19.1. The van der Waals surface area contributed by atoms with Crippen LogP contribution in [-0.4, -0.2) is 47.5 Å². The quantitative estimate of drug-likeness (QED) is 0.0533. The number of likely N-dealkylation sites (tertiary alicyclic amines) is 1. The van der Waals surface area contributed by atoms with Gasteiger partial charge in [0.15, 0.2) is 5.79 Å². The Balaban J connectivity index is 1.31. The Morgan fingerprint density at radius 1 is 0.585 bits per heavy atom. The van der Waals surface area contributed by atoms with E-state index in [0.717, 1.165) is 58.2 Å². The molecule has 2 saturated heterocycles. The molecule has 2 fully saturated rings. The number of rotatable bonds is 33. The Kier molecular flexibility index (Phi) is 26.7. The molecule has 0 aliphatic carbocycles. The summed E-state index contributed by atoms with van der Waals surface area (Å²) in [5.41, 5.74) is 1.37. The van der Waals surface area contributed by atoms with Crippen LogP contribution in [0.1, 0.15) is 193 Å². The predicted molar refractivity (Wildman–Crippen MR) is 229 cm³/mol. The van der Waals surface area contributed by atoms with Crippen LogP contribution in [0.4, 0.5) is 0 Å². The monoisotopic (exact) mass is 731 g/mol. The number of hydrogen-bond donors (Lipinski definition) is 0. The van der Waals surface area contributed by atoms with Crippen molar-refractivity contribution in [3.8, 4) is 0 Å². The van der Waals surface area contributed by atoms with Crippen molar-refractivity contribution < 1.29 is 9.47 Å². The van der Waals surface area contributed by atoms with E-state index in [1.165, 1.54) is 147 Å². The molecule has 0 amide bonds. The molecule has 2 atom stereocenters. The summed E-state index contributed by atoms with van der Waals surface area (Å²) >= 11 is 0. The molecule has 0 unspecified atom stereocenters. The maximum Gasteiger partial charge on any atom is 0.169 e. The number of unbranched alkanes of at least 4 members (excludes halogenated alkanes) is 18. The fourth-order valence-electron chi connectivity index (χ4n) is 7.95. The van der Waals surface area contributed by atoms with E-state index in [9.17, 15) is 0 Å². The molecule has 3 heterocycles. The van der Waals surface area contributed by atoms with E-state index in [0.29, 0.717) is 0 Å². The van der Waals surface area contributed by atoms with Crippen LogP contribution in [0.5, 0.6) is 0 Å². The van der Waals surface area contributed by atoms with Gasteiger partial charge in [0.1, 0.15) is 0 Å². The third kappa shape index (κ3) is 22.2. The van der Waals surface area contributed by atoms with Crippen molar-refractivity contribution in [1.29, 1.82) is 0 Å². The number of hydrogen-bond acceptors (Lipinski definition) is 4. The largest absolute Gasteiger partial charge is 0.344 e. The van der Waals surface area contributed by atoms with E-state index in [1.54, 1.807) is 0 Å². The van der Waals surface area contributed by atoms with E-state index in [2.05, 4.69) is 84.5 Å². The second kappa shape index (κ2) is 31.2. The second-order valence-electron chi connectivity index (χ2n) is 16.1. The standard InChI is InChI=1S/C49H82N2O2/c1-3-5-7-9-11-13-15-17-19-21-23-25-27-29-31-33-39-49(40-34-32-30-28-26-24-22-20-18-16-14-12-10-8-6-4-2)52-47-38-44-51(45-48(47)53-49)43-37-46-35-41-50-42-36-46/h11-14,17-20,35-36,41-42,47-48H,3-10,15-16,21-34,37-40,43-45H2,1-2H3/b13-11-,14-12-,19-17-,20-18-/t47-,48+/m0/s1. The molecule has 2 aliphatic heterocycles. The van der Waals surface area contributed by atoms with E-state index >= 15 is 0 Å². The zero-order valence-electron chi connectivity index (χ0n) is 34.7. The maximum atomic E-state index is 6.99. The molecule has 0 aromatic carbocycles.